The van der Waals surface area contributed by atoms with Crippen molar-refractivity contribution in [3.8, 4) is 0 Å². The average molecular weight is 396 g/mol. The predicted octanol–water partition coefficient (Wildman–Crippen LogP) is 2.18. The van der Waals surface area contributed by atoms with Crippen LogP contribution in [0.3, 0.4) is 0 Å². The molecule has 0 radical (unpaired) electrons. The Hall–Kier alpha value is -3.40. The number of anilines is 2. The van der Waals surface area contributed by atoms with Gasteiger partial charge < -0.3 is 11.2 Å². The van der Waals surface area contributed by atoms with Crippen LogP contribution in [0.1, 0.15) is 16.7 Å². The summed E-state index contributed by atoms with van der Waals surface area (Å²) in [7, 11) is 0. The molecule has 0 bridgehead atoms. The molecule has 28 heavy (non-hydrogen) atoms. The third kappa shape index (κ3) is 5.07. The minimum atomic E-state index is -0.152. The number of amides is 1. The summed E-state index contributed by atoms with van der Waals surface area (Å²) in [6.45, 7) is 4.03. The largest absolute Gasteiger partial charge is 0.334 e. The van der Waals surface area contributed by atoms with E-state index in [-0.39, 0.29) is 17.6 Å². The number of hydrogen-bond donors (Lipinski definition) is 3. The maximum absolute atomic E-state index is 12.2. The van der Waals surface area contributed by atoms with Crippen LogP contribution in [-0.4, -0.2) is 37.7 Å². The molecular weight excluding hydrogens is 376 g/mol. The molecule has 0 fully saturated rings. The Balaban J connectivity index is 1.53. The standard InChI is InChI=1S/C18H20N8OS/c1-12-5-6-15(8-13(12)2)22-16(27)11-28-18-25-24-17(26(18)19)23-21-10-14-4-3-7-20-9-14/h3-10H,11,19H2,1-2H3,(H,22,27)(H,23,24)/b21-10+. The highest BCUT2D eigenvalue weighted by Gasteiger charge is 2.12. The molecule has 1 aromatic carbocycles. The molecule has 0 aliphatic heterocycles. The van der Waals surface area contributed by atoms with Crippen molar-refractivity contribution >= 4 is 35.5 Å². The lowest BCUT2D eigenvalue weighted by molar-refractivity contribution is -0.113. The molecule has 1 amide bonds. The van der Waals surface area contributed by atoms with Crippen molar-refractivity contribution in [3.63, 3.8) is 0 Å². The highest BCUT2D eigenvalue weighted by Crippen LogP contribution is 2.18. The van der Waals surface area contributed by atoms with E-state index in [1.54, 1.807) is 18.6 Å². The molecule has 3 aromatic rings. The molecule has 0 saturated carbocycles. The van der Waals surface area contributed by atoms with Crippen molar-refractivity contribution in [1.29, 1.82) is 0 Å². The second-order valence-corrected chi connectivity index (χ2v) is 6.91. The van der Waals surface area contributed by atoms with Gasteiger partial charge in [-0.1, -0.05) is 23.9 Å². The molecule has 0 atom stereocenters. The van der Waals surface area contributed by atoms with Gasteiger partial charge in [-0.15, -0.1) is 10.2 Å². The van der Waals surface area contributed by atoms with E-state index in [0.29, 0.717) is 5.16 Å². The maximum atomic E-state index is 12.2. The Kier molecular flexibility index (Phi) is 6.22. The topological polar surface area (TPSA) is 123 Å². The molecule has 0 spiro atoms. The Morgan fingerprint density at radius 2 is 2.14 bits per heavy atom. The number of nitrogens with two attached hydrogens (primary N) is 1. The van der Waals surface area contributed by atoms with E-state index >= 15 is 0 Å². The van der Waals surface area contributed by atoms with Crippen LogP contribution in [0.15, 0.2) is 53.0 Å². The van der Waals surface area contributed by atoms with E-state index in [2.05, 4.69) is 31.0 Å². The number of pyridine rings is 1. The molecule has 4 N–H and O–H groups in total. The quantitative estimate of drug-likeness (QED) is 0.242. The molecular formula is C18H20N8OS. The molecule has 2 heterocycles. The summed E-state index contributed by atoms with van der Waals surface area (Å²) in [6, 6.07) is 9.45. The first-order valence-electron chi connectivity index (χ1n) is 8.42. The number of rotatable bonds is 7. The van der Waals surface area contributed by atoms with Crippen LogP contribution < -0.4 is 16.6 Å². The van der Waals surface area contributed by atoms with Gasteiger partial charge in [0.2, 0.25) is 11.1 Å². The zero-order valence-corrected chi connectivity index (χ0v) is 16.3. The van der Waals surface area contributed by atoms with Gasteiger partial charge >= 0.3 is 0 Å². The van der Waals surface area contributed by atoms with Crippen molar-refractivity contribution in [2.45, 2.75) is 19.0 Å². The molecule has 2 aromatic heterocycles. The minimum absolute atomic E-state index is 0.152. The molecule has 144 valence electrons. The zero-order chi connectivity index (χ0) is 19.9. The number of hydrazone groups is 1. The van der Waals surface area contributed by atoms with Gasteiger partial charge in [0.05, 0.1) is 12.0 Å². The second kappa shape index (κ2) is 9.00. The molecule has 10 heteroatoms. The molecule has 0 aliphatic rings. The molecule has 0 saturated heterocycles. The van der Waals surface area contributed by atoms with E-state index in [4.69, 9.17) is 5.84 Å². The van der Waals surface area contributed by atoms with Crippen LogP contribution >= 0.6 is 11.8 Å². The van der Waals surface area contributed by atoms with Crippen LogP contribution in [0, 0.1) is 13.8 Å². The van der Waals surface area contributed by atoms with E-state index < -0.39 is 0 Å². The summed E-state index contributed by atoms with van der Waals surface area (Å²) in [4.78, 5) is 16.1. The Labute approximate surface area is 166 Å². The van der Waals surface area contributed by atoms with Crippen LogP contribution in [0.2, 0.25) is 0 Å². The van der Waals surface area contributed by atoms with Crippen LogP contribution in [0.4, 0.5) is 11.6 Å². The third-order valence-electron chi connectivity index (χ3n) is 3.85. The van der Waals surface area contributed by atoms with Gasteiger partial charge in [-0.05, 0) is 43.2 Å². The number of aromatic nitrogens is 4. The highest BCUT2D eigenvalue weighted by atomic mass is 32.2. The van der Waals surface area contributed by atoms with Crippen molar-refractivity contribution in [3.05, 3.63) is 59.4 Å². The van der Waals surface area contributed by atoms with Crippen LogP contribution in [-0.2, 0) is 4.79 Å². The fourth-order valence-electron chi connectivity index (χ4n) is 2.21. The van der Waals surface area contributed by atoms with Gasteiger partial charge in [0, 0.05) is 23.6 Å². The highest BCUT2D eigenvalue weighted by molar-refractivity contribution is 7.99. The minimum Gasteiger partial charge on any atom is -0.334 e. The fourth-order valence-corrected chi connectivity index (χ4v) is 2.87. The Bertz CT molecular complexity index is 987. The third-order valence-corrected chi connectivity index (χ3v) is 4.79. The summed E-state index contributed by atoms with van der Waals surface area (Å²) in [5, 5.41) is 15.2. The normalized spacial score (nSPS) is 10.9. The summed E-state index contributed by atoms with van der Waals surface area (Å²) in [5.41, 5.74) is 6.60. The van der Waals surface area contributed by atoms with Crippen molar-refractivity contribution in [2.24, 2.45) is 5.10 Å². The Morgan fingerprint density at radius 3 is 2.89 bits per heavy atom. The SMILES string of the molecule is Cc1ccc(NC(=O)CSc2nnc(N/N=C/c3cccnc3)n2N)cc1C. The van der Waals surface area contributed by atoms with Gasteiger partial charge in [-0.2, -0.15) is 5.10 Å². The van der Waals surface area contributed by atoms with Gasteiger partial charge in [0.15, 0.2) is 0 Å². The number of carbonyl (C=O) groups is 1. The van der Waals surface area contributed by atoms with Gasteiger partial charge in [-0.3, -0.25) is 9.78 Å². The van der Waals surface area contributed by atoms with Gasteiger partial charge in [0.1, 0.15) is 0 Å². The first kappa shape index (κ1) is 19.4. The monoisotopic (exact) mass is 396 g/mol. The van der Waals surface area contributed by atoms with E-state index in [9.17, 15) is 4.79 Å². The smallest absolute Gasteiger partial charge is 0.264 e. The lowest BCUT2D eigenvalue weighted by atomic mass is 10.1. The lowest BCUT2D eigenvalue weighted by Crippen LogP contribution is -2.17. The summed E-state index contributed by atoms with van der Waals surface area (Å²) < 4.78 is 1.24. The second-order valence-electron chi connectivity index (χ2n) is 5.97. The van der Waals surface area contributed by atoms with Crippen LogP contribution in [0.5, 0.6) is 0 Å². The first-order valence-corrected chi connectivity index (χ1v) is 9.41. The number of nitrogens with zero attached hydrogens (tertiary/aromatic N) is 5. The van der Waals surface area contributed by atoms with Gasteiger partial charge in [0.25, 0.3) is 5.95 Å². The van der Waals surface area contributed by atoms with E-state index in [0.717, 1.165) is 16.8 Å². The average Bonchev–Trinajstić information content (AvgIpc) is 3.04. The zero-order valence-electron chi connectivity index (χ0n) is 15.5. The number of nitrogen functional groups attached to an aromatic ring is 1. The first-order chi connectivity index (χ1) is 13.5. The van der Waals surface area contributed by atoms with Crippen molar-refractivity contribution < 1.29 is 4.79 Å². The molecule has 9 nitrogen and oxygen atoms in total. The lowest BCUT2D eigenvalue weighted by Gasteiger charge is -2.07. The van der Waals surface area contributed by atoms with Gasteiger partial charge in [-0.25, -0.2) is 10.1 Å². The summed E-state index contributed by atoms with van der Waals surface area (Å²) in [5.74, 6) is 6.21. The predicted molar refractivity (Wildman–Crippen MR) is 111 cm³/mol. The van der Waals surface area contributed by atoms with E-state index in [1.165, 1.54) is 22.0 Å². The number of aryl methyl sites for hydroxylation is 2. The molecule has 0 aliphatic carbocycles. The van der Waals surface area contributed by atoms with Crippen LogP contribution in [0.25, 0.3) is 0 Å². The number of benzene rings is 1. The summed E-state index contributed by atoms with van der Waals surface area (Å²) >= 11 is 1.18. The summed E-state index contributed by atoms with van der Waals surface area (Å²) in [6.07, 6.45) is 4.94. The molecule has 0 unspecified atom stereocenters. The number of hydrogen-bond acceptors (Lipinski definition) is 8. The van der Waals surface area contributed by atoms with E-state index in [1.807, 2.05) is 44.2 Å². The maximum Gasteiger partial charge on any atom is 0.264 e. The number of thioether (sulfide) groups is 1. The number of nitrogens with one attached hydrogen (secondary N) is 2. The van der Waals surface area contributed by atoms with Crippen molar-refractivity contribution in [2.75, 3.05) is 22.3 Å². The van der Waals surface area contributed by atoms with Crippen molar-refractivity contribution in [1.82, 2.24) is 19.9 Å². The number of carbonyl (C=O) groups excluding carboxylic acids is 1. The molecule has 3 rings (SSSR count). The Morgan fingerprint density at radius 1 is 1.29 bits per heavy atom. The fraction of sp³-hybridized carbons (Fsp3) is 0.167.